The van der Waals surface area contributed by atoms with Crippen molar-refractivity contribution in [2.45, 2.75) is 25.4 Å². The van der Waals surface area contributed by atoms with Crippen molar-refractivity contribution in [1.29, 1.82) is 0 Å². The Balaban J connectivity index is 1.77. The minimum Gasteiger partial charge on any atom is -0.303 e. The van der Waals surface area contributed by atoms with Crippen LogP contribution in [-0.2, 0) is 0 Å². The largest absolute Gasteiger partial charge is 0.303 e. The van der Waals surface area contributed by atoms with Crippen LogP contribution in [0.15, 0.2) is 59.6 Å². The van der Waals surface area contributed by atoms with Gasteiger partial charge < -0.3 is 4.90 Å². The molecule has 6 heteroatoms. The zero-order chi connectivity index (χ0) is 19.7. The number of nitrogens with zero attached hydrogens (tertiary/aromatic N) is 3. The van der Waals surface area contributed by atoms with Gasteiger partial charge in [0.05, 0.1) is 10.6 Å². The van der Waals surface area contributed by atoms with Crippen LogP contribution in [0.3, 0.4) is 0 Å². The molecule has 0 radical (unpaired) electrons. The van der Waals surface area contributed by atoms with E-state index in [0.29, 0.717) is 15.6 Å². The fourth-order valence-corrected chi connectivity index (χ4v) is 4.62. The Morgan fingerprint density at radius 1 is 1.11 bits per heavy atom. The van der Waals surface area contributed by atoms with Crippen LogP contribution in [0.4, 0.5) is 0 Å². The van der Waals surface area contributed by atoms with Crippen molar-refractivity contribution < 1.29 is 4.79 Å². The monoisotopic (exact) mass is 411 g/mol. The Hall–Kier alpha value is -2.08. The van der Waals surface area contributed by atoms with Crippen LogP contribution in [0.1, 0.15) is 35.7 Å². The lowest BCUT2D eigenvalue weighted by molar-refractivity contribution is 0.0545. The molecule has 2 heterocycles. The van der Waals surface area contributed by atoms with E-state index in [0.717, 1.165) is 43.8 Å². The van der Waals surface area contributed by atoms with Crippen LogP contribution in [0, 0.1) is 0 Å². The first-order valence-electron chi connectivity index (χ1n) is 9.57. The van der Waals surface area contributed by atoms with E-state index in [-0.39, 0.29) is 5.91 Å². The second kappa shape index (κ2) is 7.74. The molecule has 1 amide bonds. The highest BCUT2D eigenvalue weighted by molar-refractivity contribution is 7.82. The lowest BCUT2D eigenvalue weighted by Crippen LogP contribution is -2.55. The molecule has 0 unspecified atom stereocenters. The molecule has 0 bridgehead atoms. The number of hydrogen-bond donors (Lipinski definition) is 0. The zero-order valence-electron chi connectivity index (χ0n) is 15.8. The molecule has 144 valence electrons. The van der Waals surface area contributed by atoms with Gasteiger partial charge in [0, 0.05) is 31.5 Å². The van der Waals surface area contributed by atoms with Crippen LogP contribution >= 0.6 is 23.8 Å². The topological polar surface area (TPSA) is 35.9 Å². The van der Waals surface area contributed by atoms with Gasteiger partial charge in [-0.15, -0.1) is 0 Å². The van der Waals surface area contributed by atoms with E-state index >= 15 is 0 Å². The average Bonchev–Trinajstić information content (AvgIpc) is 3.01. The molecular weight excluding hydrogens is 390 g/mol. The first-order chi connectivity index (χ1) is 13.6. The molecule has 0 aliphatic carbocycles. The van der Waals surface area contributed by atoms with E-state index in [1.165, 1.54) is 0 Å². The van der Waals surface area contributed by atoms with Gasteiger partial charge >= 0.3 is 0 Å². The van der Waals surface area contributed by atoms with Crippen molar-refractivity contribution in [2.24, 2.45) is 4.99 Å². The number of piperidine rings is 1. The molecular formula is C22H22ClN3OS. The molecule has 28 heavy (non-hydrogen) atoms. The van der Waals surface area contributed by atoms with E-state index in [1.54, 1.807) is 17.0 Å². The number of carbonyl (C=O) groups is 1. The van der Waals surface area contributed by atoms with E-state index in [1.807, 2.05) is 42.5 Å². The fraction of sp³-hybridized carbons (Fsp3) is 0.318. The van der Waals surface area contributed by atoms with Crippen LogP contribution in [0.5, 0.6) is 0 Å². The molecule has 2 aliphatic rings. The summed E-state index contributed by atoms with van der Waals surface area (Å²) in [6.45, 7) is 4.92. The van der Waals surface area contributed by atoms with Gasteiger partial charge in [-0.3, -0.25) is 14.7 Å². The summed E-state index contributed by atoms with van der Waals surface area (Å²) in [6.07, 6.45) is 1.51. The Labute approximate surface area is 175 Å². The molecule has 2 aliphatic heterocycles. The zero-order valence-corrected chi connectivity index (χ0v) is 17.3. The summed E-state index contributed by atoms with van der Waals surface area (Å²) in [6, 6.07) is 17.0. The normalized spacial score (nSPS) is 19.1. The van der Waals surface area contributed by atoms with E-state index in [9.17, 15) is 4.79 Å². The highest BCUT2D eigenvalue weighted by Gasteiger charge is 2.50. The van der Waals surface area contributed by atoms with Crippen LogP contribution in [-0.4, -0.2) is 51.7 Å². The number of thiocarbonyl (C=S) groups is 1. The molecule has 0 N–H and O–H groups in total. The average molecular weight is 412 g/mol. The SMILES string of the molecule is CCN1CCC2(CC1)N=C(c1ccccc1)C(=S)N2C(=O)c1ccccc1Cl. The lowest BCUT2D eigenvalue weighted by Gasteiger charge is -2.42. The van der Waals surface area contributed by atoms with Gasteiger partial charge in [-0.1, -0.05) is 73.2 Å². The Morgan fingerprint density at radius 3 is 2.39 bits per heavy atom. The predicted molar refractivity (Wildman–Crippen MR) is 117 cm³/mol. The maximum Gasteiger partial charge on any atom is 0.262 e. The number of amides is 1. The predicted octanol–water partition coefficient (Wildman–Crippen LogP) is 4.42. The minimum absolute atomic E-state index is 0.171. The first-order valence-corrected chi connectivity index (χ1v) is 10.4. The van der Waals surface area contributed by atoms with Crippen LogP contribution in [0.2, 0.25) is 5.02 Å². The van der Waals surface area contributed by atoms with Gasteiger partial charge in [-0.2, -0.15) is 0 Å². The number of rotatable bonds is 3. The summed E-state index contributed by atoms with van der Waals surface area (Å²) >= 11 is 12.1. The van der Waals surface area contributed by atoms with Crippen molar-refractivity contribution in [1.82, 2.24) is 9.80 Å². The third kappa shape index (κ3) is 3.28. The summed E-state index contributed by atoms with van der Waals surface area (Å²) in [5, 5.41) is 0.435. The Bertz CT molecular complexity index is 936. The maximum absolute atomic E-state index is 13.5. The fourth-order valence-electron chi connectivity index (χ4n) is 3.98. The molecule has 0 atom stereocenters. The van der Waals surface area contributed by atoms with Gasteiger partial charge in [-0.25, -0.2) is 0 Å². The number of aliphatic imine (C=N–C) groups is 1. The van der Waals surface area contributed by atoms with Crippen LogP contribution in [0.25, 0.3) is 0 Å². The number of benzene rings is 2. The standard InChI is InChI=1S/C22H22ClN3OS/c1-2-25-14-12-22(13-15-25)24-19(16-8-4-3-5-9-16)21(28)26(22)20(27)17-10-6-7-11-18(17)23/h3-11H,2,12-15H2,1H3. The molecule has 4 rings (SSSR count). The molecule has 2 aromatic carbocycles. The number of likely N-dealkylation sites (tertiary alicyclic amines) is 1. The van der Waals surface area contributed by atoms with Gasteiger partial charge in [-0.05, 0) is 18.7 Å². The van der Waals surface area contributed by atoms with Crippen molar-refractivity contribution in [3.63, 3.8) is 0 Å². The summed E-state index contributed by atoms with van der Waals surface area (Å²) in [7, 11) is 0. The van der Waals surface area contributed by atoms with Gasteiger partial charge in [0.25, 0.3) is 5.91 Å². The second-order valence-corrected chi connectivity index (χ2v) is 7.96. The lowest BCUT2D eigenvalue weighted by atomic mass is 9.95. The van der Waals surface area contributed by atoms with Crippen molar-refractivity contribution >= 4 is 40.4 Å². The number of carbonyl (C=O) groups excluding carboxylic acids is 1. The van der Waals surface area contributed by atoms with Crippen molar-refractivity contribution in [2.75, 3.05) is 19.6 Å². The molecule has 2 aromatic rings. The second-order valence-electron chi connectivity index (χ2n) is 7.17. The highest BCUT2D eigenvalue weighted by atomic mass is 35.5. The Kier molecular flexibility index (Phi) is 5.32. The molecule has 4 nitrogen and oxygen atoms in total. The van der Waals surface area contributed by atoms with E-state index in [4.69, 9.17) is 28.8 Å². The number of halogens is 1. The summed E-state index contributed by atoms with van der Waals surface area (Å²) in [5.41, 5.74) is 1.50. The minimum atomic E-state index is -0.635. The third-order valence-electron chi connectivity index (χ3n) is 5.60. The summed E-state index contributed by atoms with van der Waals surface area (Å²) < 4.78 is 0. The maximum atomic E-state index is 13.5. The molecule has 1 spiro atoms. The number of hydrogen-bond acceptors (Lipinski definition) is 4. The highest BCUT2D eigenvalue weighted by Crippen LogP contribution is 2.38. The molecule has 0 saturated carbocycles. The van der Waals surface area contributed by atoms with Crippen molar-refractivity contribution in [3.05, 3.63) is 70.7 Å². The quantitative estimate of drug-likeness (QED) is 0.701. The van der Waals surface area contributed by atoms with Gasteiger partial charge in [0.2, 0.25) is 0 Å². The van der Waals surface area contributed by atoms with Crippen LogP contribution < -0.4 is 0 Å². The summed E-state index contributed by atoms with van der Waals surface area (Å²) in [4.78, 5) is 23.2. The molecule has 1 fully saturated rings. The Morgan fingerprint density at radius 2 is 1.75 bits per heavy atom. The van der Waals surface area contributed by atoms with E-state index < -0.39 is 5.66 Å². The first kappa shape index (κ1) is 19.2. The molecule has 1 saturated heterocycles. The van der Waals surface area contributed by atoms with Gasteiger partial charge in [0.15, 0.2) is 0 Å². The third-order valence-corrected chi connectivity index (χ3v) is 6.31. The smallest absolute Gasteiger partial charge is 0.262 e. The van der Waals surface area contributed by atoms with Gasteiger partial charge in [0.1, 0.15) is 16.4 Å². The summed E-state index contributed by atoms with van der Waals surface area (Å²) in [5.74, 6) is -0.171. The molecule has 0 aromatic heterocycles. The van der Waals surface area contributed by atoms with Crippen molar-refractivity contribution in [3.8, 4) is 0 Å². The van der Waals surface area contributed by atoms with E-state index in [2.05, 4.69) is 11.8 Å².